The molecule has 126 valence electrons. The number of aromatic nitrogens is 1. The van der Waals surface area contributed by atoms with Crippen LogP contribution in [0.4, 0.5) is 19.0 Å². The molecule has 0 aliphatic rings. The number of alkyl halides is 3. The number of pyridine rings is 1. The molecule has 0 saturated carbocycles. The molecule has 1 heterocycles. The molecule has 0 unspecified atom stereocenters. The smallest absolute Gasteiger partial charge is 0.307 e. The molecule has 0 atom stereocenters. The van der Waals surface area contributed by atoms with Crippen LogP contribution in [-0.2, 0) is 6.18 Å². The Morgan fingerprint density at radius 3 is 2.28 bits per heavy atom. The maximum absolute atomic E-state index is 12.7. The third kappa shape index (κ3) is 4.03. The predicted molar refractivity (Wildman–Crippen MR) is 89.1 cm³/mol. The number of carbonyl (C=O) groups is 1. The van der Waals surface area contributed by atoms with Gasteiger partial charge in [-0.1, -0.05) is 36.4 Å². The molecule has 0 bridgehead atoms. The number of nitrogens with one attached hydrogen (secondary N) is 1. The lowest BCUT2D eigenvalue weighted by Crippen LogP contribution is -2.14. The first-order valence-corrected chi connectivity index (χ1v) is 7.43. The zero-order valence-corrected chi connectivity index (χ0v) is 12.9. The fourth-order valence-corrected chi connectivity index (χ4v) is 2.29. The van der Waals surface area contributed by atoms with Gasteiger partial charge in [0, 0.05) is 17.3 Å². The summed E-state index contributed by atoms with van der Waals surface area (Å²) in [7, 11) is 0. The second-order valence-electron chi connectivity index (χ2n) is 5.33. The minimum Gasteiger partial charge on any atom is -0.307 e. The van der Waals surface area contributed by atoms with Gasteiger partial charge in [-0.25, -0.2) is 4.98 Å². The molecular weight excluding hydrogens is 329 g/mol. The molecule has 0 aliphatic carbocycles. The maximum atomic E-state index is 12.7. The molecular formula is C19H13F3N2O. The molecule has 3 rings (SSSR count). The fourth-order valence-electron chi connectivity index (χ4n) is 2.29. The van der Waals surface area contributed by atoms with Gasteiger partial charge in [-0.3, -0.25) is 4.79 Å². The minimum atomic E-state index is -4.49. The van der Waals surface area contributed by atoms with Crippen LogP contribution in [0.3, 0.4) is 0 Å². The summed E-state index contributed by atoms with van der Waals surface area (Å²) in [6.45, 7) is 0. The van der Waals surface area contributed by atoms with Gasteiger partial charge in [0.05, 0.1) is 5.56 Å². The van der Waals surface area contributed by atoms with Gasteiger partial charge >= 0.3 is 6.18 Å². The first-order valence-electron chi connectivity index (χ1n) is 7.43. The fraction of sp³-hybridized carbons (Fsp3) is 0.0526. The van der Waals surface area contributed by atoms with Crippen LogP contribution in [0.25, 0.3) is 11.1 Å². The van der Waals surface area contributed by atoms with Crippen LogP contribution in [0.1, 0.15) is 15.9 Å². The molecule has 0 spiro atoms. The van der Waals surface area contributed by atoms with E-state index >= 15 is 0 Å². The Hall–Kier alpha value is -3.15. The predicted octanol–water partition coefficient (Wildman–Crippen LogP) is 5.02. The standard InChI is InChI=1S/C19H13F3N2O/c20-19(21,22)16-8-4-7-14(11-16)18(25)24-17-10-9-15(12-23-17)13-5-2-1-3-6-13/h1-12H,(H,23,24,25). The van der Waals surface area contributed by atoms with Crippen LogP contribution in [0.2, 0.25) is 0 Å². The van der Waals surface area contributed by atoms with E-state index in [0.29, 0.717) is 0 Å². The number of amides is 1. The number of anilines is 1. The van der Waals surface area contributed by atoms with Crippen LogP contribution in [-0.4, -0.2) is 10.9 Å². The van der Waals surface area contributed by atoms with Gasteiger partial charge in [-0.15, -0.1) is 0 Å². The van der Waals surface area contributed by atoms with Crippen molar-refractivity contribution >= 4 is 11.7 Å². The second kappa shape index (κ2) is 6.76. The van der Waals surface area contributed by atoms with E-state index in [0.717, 1.165) is 23.3 Å². The third-order valence-electron chi connectivity index (χ3n) is 3.56. The van der Waals surface area contributed by atoms with Gasteiger partial charge in [0.1, 0.15) is 5.82 Å². The zero-order chi connectivity index (χ0) is 17.9. The Labute approximate surface area is 142 Å². The van der Waals surface area contributed by atoms with E-state index in [-0.39, 0.29) is 11.4 Å². The quantitative estimate of drug-likeness (QED) is 0.726. The molecule has 0 radical (unpaired) electrons. The van der Waals surface area contributed by atoms with Gasteiger partial charge in [0.2, 0.25) is 0 Å². The molecule has 2 aromatic carbocycles. The summed E-state index contributed by atoms with van der Waals surface area (Å²) in [6.07, 6.45) is -2.90. The highest BCUT2D eigenvalue weighted by molar-refractivity contribution is 6.03. The molecule has 25 heavy (non-hydrogen) atoms. The molecule has 1 amide bonds. The molecule has 3 aromatic rings. The first-order chi connectivity index (χ1) is 11.9. The lowest BCUT2D eigenvalue weighted by atomic mass is 10.1. The lowest BCUT2D eigenvalue weighted by Gasteiger charge is -2.09. The molecule has 1 N–H and O–H groups in total. The molecule has 0 aliphatic heterocycles. The normalized spacial score (nSPS) is 11.2. The molecule has 3 nitrogen and oxygen atoms in total. The van der Waals surface area contributed by atoms with Crippen molar-refractivity contribution < 1.29 is 18.0 Å². The summed E-state index contributed by atoms with van der Waals surface area (Å²) in [5.74, 6) is -0.381. The summed E-state index contributed by atoms with van der Waals surface area (Å²) in [5, 5.41) is 2.50. The van der Waals surface area contributed by atoms with Crippen LogP contribution in [0.15, 0.2) is 72.9 Å². The van der Waals surface area contributed by atoms with E-state index in [1.807, 2.05) is 30.3 Å². The van der Waals surface area contributed by atoms with Gasteiger partial charge in [-0.05, 0) is 35.9 Å². The van der Waals surface area contributed by atoms with E-state index in [1.165, 1.54) is 12.1 Å². The number of rotatable bonds is 3. The number of nitrogens with zero attached hydrogens (tertiary/aromatic N) is 1. The SMILES string of the molecule is O=C(Nc1ccc(-c2ccccc2)cn1)c1cccc(C(F)(F)F)c1. The lowest BCUT2D eigenvalue weighted by molar-refractivity contribution is -0.137. The minimum absolute atomic E-state index is 0.0799. The first kappa shape index (κ1) is 16.7. The molecule has 0 saturated heterocycles. The van der Waals surface area contributed by atoms with Crippen molar-refractivity contribution in [2.75, 3.05) is 5.32 Å². The average Bonchev–Trinajstić information content (AvgIpc) is 2.62. The highest BCUT2D eigenvalue weighted by Gasteiger charge is 2.30. The summed E-state index contributed by atoms with van der Waals surface area (Å²) in [4.78, 5) is 16.3. The number of hydrogen-bond acceptors (Lipinski definition) is 2. The average molecular weight is 342 g/mol. The molecule has 1 aromatic heterocycles. The van der Waals surface area contributed by atoms with Gasteiger partial charge in [0.15, 0.2) is 0 Å². The number of carbonyl (C=O) groups excluding carboxylic acids is 1. The van der Waals surface area contributed by atoms with E-state index in [2.05, 4.69) is 10.3 Å². The van der Waals surface area contributed by atoms with Crippen LogP contribution >= 0.6 is 0 Å². The summed E-state index contributed by atoms with van der Waals surface area (Å²) < 4.78 is 38.2. The Bertz CT molecular complexity index is 875. The van der Waals surface area contributed by atoms with Crippen molar-refractivity contribution in [1.82, 2.24) is 4.98 Å². The van der Waals surface area contributed by atoms with Crippen molar-refractivity contribution in [2.24, 2.45) is 0 Å². The summed E-state index contributed by atoms with van der Waals surface area (Å²) >= 11 is 0. The summed E-state index contributed by atoms with van der Waals surface area (Å²) in [5.41, 5.74) is 0.903. The van der Waals surface area contributed by atoms with Crippen LogP contribution < -0.4 is 5.32 Å². The highest BCUT2D eigenvalue weighted by Crippen LogP contribution is 2.29. The topological polar surface area (TPSA) is 42.0 Å². The third-order valence-corrected chi connectivity index (χ3v) is 3.56. The Balaban J connectivity index is 1.75. The maximum Gasteiger partial charge on any atom is 0.416 e. The van der Waals surface area contributed by atoms with E-state index in [4.69, 9.17) is 0 Å². The van der Waals surface area contributed by atoms with Crippen molar-refractivity contribution in [1.29, 1.82) is 0 Å². The van der Waals surface area contributed by atoms with Gasteiger partial charge in [0.25, 0.3) is 5.91 Å². The van der Waals surface area contributed by atoms with E-state index in [9.17, 15) is 18.0 Å². The van der Waals surface area contributed by atoms with Crippen molar-refractivity contribution in [3.8, 4) is 11.1 Å². The van der Waals surface area contributed by atoms with Gasteiger partial charge < -0.3 is 5.32 Å². The second-order valence-corrected chi connectivity index (χ2v) is 5.33. The van der Waals surface area contributed by atoms with Gasteiger partial charge in [-0.2, -0.15) is 13.2 Å². The van der Waals surface area contributed by atoms with E-state index < -0.39 is 17.6 Å². The monoisotopic (exact) mass is 342 g/mol. The van der Waals surface area contributed by atoms with Crippen molar-refractivity contribution in [3.05, 3.63) is 84.1 Å². The molecule has 0 fully saturated rings. The highest BCUT2D eigenvalue weighted by atomic mass is 19.4. The molecule has 6 heteroatoms. The number of halogens is 3. The number of benzene rings is 2. The largest absolute Gasteiger partial charge is 0.416 e. The number of hydrogen-bond donors (Lipinski definition) is 1. The summed E-state index contributed by atoms with van der Waals surface area (Å²) in [6, 6.07) is 17.2. The van der Waals surface area contributed by atoms with Crippen molar-refractivity contribution in [2.45, 2.75) is 6.18 Å². The van der Waals surface area contributed by atoms with Crippen LogP contribution in [0.5, 0.6) is 0 Å². The Kier molecular flexibility index (Phi) is 4.52. The Morgan fingerprint density at radius 2 is 1.64 bits per heavy atom. The van der Waals surface area contributed by atoms with Crippen molar-refractivity contribution in [3.63, 3.8) is 0 Å². The van der Waals surface area contributed by atoms with E-state index in [1.54, 1.807) is 18.3 Å². The Morgan fingerprint density at radius 1 is 0.880 bits per heavy atom. The zero-order valence-electron chi connectivity index (χ0n) is 12.9. The van der Waals surface area contributed by atoms with Crippen LogP contribution in [0, 0.1) is 0 Å².